The Morgan fingerprint density at radius 3 is 2.69 bits per heavy atom. The Kier molecular flexibility index (Phi) is 3.90. The summed E-state index contributed by atoms with van der Waals surface area (Å²) in [6.07, 6.45) is 4.49. The van der Waals surface area contributed by atoms with Crippen molar-refractivity contribution in [2.75, 3.05) is 5.32 Å². The lowest BCUT2D eigenvalue weighted by molar-refractivity contribution is -0.122. The number of benzene rings is 1. The molecule has 134 valence electrons. The molecule has 6 heteroatoms. The summed E-state index contributed by atoms with van der Waals surface area (Å²) in [7, 11) is 0. The van der Waals surface area contributed by atoms with Gasteiger partial charge in [0.15, 0.2) is 0 Å². The van der Waals surface area contributed by atoms with Gasteiger partial charge in [-0.3, -0.25) is 4.79 Å². The van der Waals surface area contributed by atoms with Gasteiger partial charge in [0.1, 0.15) is 6.10 Å². The van der Waals surface area contributed by atoms with Crippen molar-refractivity contribution in [3.05, 3.63) is 53.2 Å². The number of carbonyl (C=O) groups is 2. The van der Waals surface area contributed by atoms with E-state index in [0.29, 0.717) is 18.7 Å². The Labute approximate surface area is 151 Å². The zero-order valence-electron chi connectivity index (χ0n) is 14.5. The monoisotopic (exact) mass is 352 g/mol. The summed E-state index contributed by atoms with van der Waals surface area (Å²) in [5.41, 5.74) is 2.16. The fourth-order valence-corrected chi connectivity index (χ4v) is 3.94. The first kappa shape index (κ1) is 16.6. The highest BCUT2D eigenvalue weighted by Crippen LogP contribution is 2.48. The van der Waals surface area contributed by atoms with Crippen LogP contribution in [0.3, 0.4) is 0 Å². The maximum atomic E-state index is 12.7. The van der Waals surface area contributed by atoms with Crippen molar-refractivity contribution in [2.45, 2.75) is 44.1 Å². The van der Waals surface area contributed by atoms with Crippen LogP contribution in [-0.2, 0) is 10.2 Å². The number of aryl methyl sites for hydroxylation is 1. The van der Waals surface area contributed by atoms with Gasteiger partial charge >= 0.3 is 5.97 Å². The predicted molar refractivity (Wildman–Crippen MR) is 95.6 cm³/mol. The standard InChI is InChI=1S/C20H20N2O4/c1-12-2-5-17(21-11-12)26-14-6-8-20(9-7-14)15-10-13(18(23)24)3-4-16(15)22-19(20)25/h2-5,10-11,14H,6-9H2,1H3,(H,22,25)(H,23,24)/t14-,20-. The van der Waals surface area contributed by atoms with Gasteiger partial charge in [-0.1, -0.05) is 6.07 Å². The largest absolute Gasteiger partial charge is 0.478 e. The highest BCUT2D eigenvalue weighted by molar-refractivity contribution is 6.07. The molecule has 1 aromatic carbocycles. The van der Waals surface area contributed by atoms with Gasteiger partial charge in [-0.15, -0.1) is 0 Å². The molecule has 1 aliphatic carbocycles. The molecule has 6 nitrogen and oxygen atoms in total. The molecule has 2 aromatic rings. The van der Waals surface area contributed by atoms with Gasteiger partial charge in [-0.05, 0) is 61.9 Å². The number of aromatic nitrogens is 1. The summed E-state index contributed by atoms with van der Waals surface area (Å²) in [6.45, 7) is 1.97. The second kappa shape index (κ2) is 6.12. The molecule has 1 saturated carbocycles. The topological polar surface area (TPSA) is 88.5 Å². The summed E-state index contributed by atoms with van der Waals surface area (Å²) in [4.78, 5) is 28.3. The molecule has 1 amide bonds. The second-order valence-corrected chi connectivity index (χ2v) is 7.09. The third kappa shape index (κ3) is 2.71. The number of hydrogen-bond acceptors (Lipinski definition) is 4. The minimum absolute atomic E-state index is 0.00957. The van der Waals surface area contributed by atoms with E-state index in [4.69, 9.17) is 4.74 Å². The quantitative estimate of drug-likeness (QED) is 0.885. The van der Waals surface area contributed by atoms with E-state index in [9.17, 15) is 14.7 Å². The summed E-state index contributed by atoms with van der Waals surface area (Å²) >= 11 is 0. The zero-order chi connectivity index (χ0) is 18.3. The van der Waals surface area contributed by atoms with Gasteiger partial charge in [-0.25, -0.2) is 9.78 Å². The Hall–Kier alpha value is -2.89. The third-order valence-electron chi connectivity index (χ3n) is 5.42. The van der Waals surface area contributed by atoms with E-state index >= 15 is 0 Å². The third-order valence-corrected chi connectivity index (χ3v) is 5.42. The minimum Gasteiger partial charge on any atom is -0.478 e. The molecule has 0 bridgehead atoms. The normalized spacial score (nSPS) is 24.2. The van der Waals surface area contributed by atoms with Crippen molar-refractivity contribution in [1.29, 1.82) is 0 Å². The van der Waals surface area contributed by atoms with Crippen LogP contribution in [0.15, 0.2) is 36.5 Å². The molecule has 1 fully saturated rings. The van der Waals surface area contributed by atoms with Crippen LogP contribution < -0.4 is 10.1 Å². The average molecular weight is 352 g/mol. The molecule has 1 spiro atoms. The van der Waals surface area contributed by atoms with Crippen molar-refractivity contribution >= 4 is 17.6 Å². The first-order valence-corrected chi connectivity index (χ1v) is 8.76. The van der Waals surface area contributed by atoms with Crippen molar-refractivity contribution in [3.63, 3.8) is 0 Å². The van der Waals surface area contributed by atoms with Gasteiger partial charge in [0.25, 0.3) is 0 Å². The Bertz CT molecular complexity index is 868. The van der Waals surface area contributed by atoms with E-state index in [1.165, 1.54) is 6.07 Å². The first-order valence-electron chi connectivity index (χ1n) is 8.76. The van der Waals surface area contributed by atoms with Crippen LogP contribution in [0.4, 0.5) is 5.69 Å². The Balaban J connectivity index is 1.53. The summed E-state index contributed by atoms with van der Waals surface area (Å²) in [5, 5.41) is 12.2. The highest BCUT2D eigenvalue weighted by atomic mass is 16.5. The number of rotatable bonds is 3. The number of anilines is 1. The predicted octanol–water partition coefficient (Wildman–Crippen LogP) is 3.30. The molecule has 1 aliphatic heterocycles. The van der Waals surface area contributed by atoms with E-state index in [0.717, 1.165) is 29.7 Å². The number of nitrogens with one attached hydrogen (secondary N) is 1. The number of carboxylic acid groups (broad SMARTS) is 1. The molecule has 0 unspecified atom stereocenters. The SMILES string of the molecule is Cc1ccc(O[C@H]2CC[C@@]3(CC2)C(=O)Nc2ccc(C(=O)O)cc23)nc1. The minimum atomic E-state index is -0.982. The number of aromatic carboxylic acids is 1. The number of hydrogen-bond donors (Lipinski definition) is 2. The van der Waals surface area contributed by atoms with Crippen LogP contribution >= 0.6 is 0 Å². The van der Waals surface area contributed by atoms with Crippen LogP contribution in [0.5, 0.6) is 5.88 Å². The van der Waals surface area contributed by atoms with Gasteiger partial charge in [0.2, 0.25) is 11.8 Å². The zero-order valence-corrected chi connectivity index (χ0v) is 14.5. The number of ether oxygens (including phenoxy) is 1. The van der Waals surface area contributed by atoms with Gasteiger partial charge in [-0.2, -0.15) is 0 Å². The number of pyridine rings is 1. The molecule has 2 aliphatic rings. The van der Waals surface area contributed by atoms with E-state index in [1.807, 2.05) is 19.1 Å². The maximum absolute atomic E-state index is 12.7. The number of amides is 1. The van der Waals surface area contributed by atoms with Crippen LogP contribution in [0, 0.1) is 6.92 Å². The Morgan fingerprint density at radius 1 is 1.27 bits per heavy atom. The molecule has 26 heavy (non-hydrogen) atoms. The van der Waals surface area contributed by atoms with Crippen molar-refractivity contribution in [3.8, 4) is 5.88 Å². The lowest BCUT2D eigenvalue weighted by Gasteiger charge is -2.35. The lowest BCUT2D eigenvalue weighted by Crippen LogP contribution is -2.41. The fraction of sp³-hybridized carbons (Fsp3) is 0.350. The molecular formula is C20H20N2O4. The van der Waals surface area contributed by atoms with Crippen molar-refractivity contribution in [1.82, 2.24) is 4.98 Å². The molecule has 0 atom stereocenters. The van der Waals surface area contributed by atoms with Gasteiger partial charge < -0.3 is 15.2 Å². The number of carboxylic acids is 1. The number of carbonyl (C=O) groups excluding carboxylic acids is 1. The summed E-state index contributed by atoms with van der Waals surface area (Å²) in [5.74, 6) is -0.423. The number of nitrogens with zero attached hydrogens (tertiary/aromatic N) is 1. The molecule has 2 N–H and O–H groups in total. The van der Waals surface area contributed by atoms with Crippen molar-refractivity contribution in [2.24, 2.45) is 0 Å². The maximum Gasteiger partial charge on any atom is 0.335 e. The first-order chi connectivity index (χ1) is 12.5. The van der Waals surface area contributed by atoms with E-state index in [-0.39, 0.29) is 17.6 Å². The average Bonchev–Trinajstić information content (AvgIpc) is 2.90. The van der Waals surface area contributed by atoms with Crippen LogP contribution in [0.1, 0.15) is 47.2 Å². The van der Waals surface area contributed by atoms with Crippen molar-refractivity contribution < 1.29 is 19.4 Å². The van der Waals surface area contributed by atoms with Crippen LogP contribution in [0.2, 0.25) is 0 Å². The van der Waals surface area contributed by atoms with Gasteiger partial charge in [0.05, 0.1) is 11.0 Å². The van der Waals surface area contributed by atoms with E-state index in [2.05, 4.69) is 10.3 Å². The molecular weight excluding hydrogens is 332 g/mol. The smallest absolute Gasteiger partial charge is 0.335 e. The highest BCUT2D eigenvalue weighted by Gasteiger charge is 2.49. The molecule has 0 saturated heterocycles. The molecule has 2 heterocycles. The summed E-state index contributed by atoms with van der Waals surface area (Å²) in [6, 6.07) is 8.66. The molecule has 4 rings (SSSR count). The van der Waals surface area contributed by atoms with E-state index < -0.39 is 11.4 Å². The number of fused-ring (bicyclic) bond motifs is 2. The Morgan fingerprint density at radius 2 is 2.04 bits per heavy atom. The van der Waals surface area contributed by atoms with E-state index in [1.54, 1.807) is 18.3 Å². The van der Waals surface area contributed by atoms with Gasteiger partial charge in [0, 0.05) is 18.0 Å². The van der Waals surface area contributed by atoms with Crippen LogP contribution in [-0.4, -0.2) is 28.1 Å². The second-order valence-electron chi connectivity index (χ2n) is 7.09. The molecule has 1 aromatic heterocycles. The van der Waals surface area contributed by atoms with Crippen LogP contribution in [0.25, 0.3) is 0 Å². The summed E-state index contributed by atoms with van der Waals surface area (Å²) < 4.78 is 5.96. The lowest BCUT2D eigenvalue weighted by atomic mass is 9.69. The fourth-order valence-electron chi connectivity index (χ4n) is 3.94. The molecule has 0 radical (unpaired) electrons.